The van der Waals surface area contributed by atoms with Crippen molar-refractivity contribution in [1.82, 2.24) is 20.8 Å². The molecule has 1 unspecified atom stereocenters. The van der Waals surface area contributed by atoms with Crippen LogP contribution in [0, 0.1) is 5.41 Å². The summed E-state index contributed by atoms with van der Waals surface area (Å²) in [7, 11) is 0. The first-order valence-corrected chi connectivity index (χ1v) is 9.40. The van der Waals surface area contributed by atoms with Crippen LogP contribution in [-0.4, -0.2) is 29.1 Å². The van der Waals surface area contributed by atoms with Crippen molar-refractivity contribution in [3.63, 3.8) is 0 Å². The molecule has 0 bridgehead atoms. The number of piperidine rings is 1. The molecule has 138 valence electrons. The minimum atomic E-state index is -0.739. The summed E-state index contributed by atoms with van der Waals surface area (Å²) in [6.45, 7) is 5.85. The molecule has 2 aliphatic rings. The second kappa shape index (κ2) is 6.35. The molecule has 26 heavy (non-hydrogen) atoms. The predicted molar refractivity (Wildman–Crippen MR) is 98.1 cm³/mol. The topological polar surface area (TPSA) is 80.0 Å². The van der Waals surface area contributed by atoms with Crippen LogP contribution in [0.5, 0.6) is 0 Å². The molecule has 2 heterocycles. The number of rotatable bonds is 4. The van der Waals surface area contributed by atoms with Crippen molar-refractivity contribution in [2.75, 3.05) is 13.1 Å². The Bertz CT molecular complexity index is 826. The number of nitrogens with zero attached hydrogens (tertiary/aromatic N) is 2. The van der Waals surface area contributed by atoms with Crippen LogP contribution < -0.4 is 10.6 Å². The van der Waals surface area contributed by atoms with Gasteiger partial charge in [0, 0.05) is 16.5 Å². The maximum atomic E-state index is 12.5. The Kier molecular flexibility index (Phi) is 4.28. The second-order valence-corrected chi connectivity index (χ2v) is 8.35. The first-order chi connectivity index (χ1) is 12.4. The first-order valence-electron chi connectivity index (χ1n) is 9.03. The number of halogens is 1. The van der Waals surface area contributed by atoms with Crippen LogP contribution >= 0.6 is 11.6 Å². The molecular formula is C19H23ClN4O2. The average molecular weight is 375 g/mol. The SMILES string of the molecule is CC(C)(NC(=O)c1cccc(Cl)c1)c1noc(C2CC23CCNCC3)n1. The van der Waals surface area contributed by atoms with Crippen LogP contribution in [0.4, 0.5) is 0 Å². The Balaban J connectivity index is 1.47. The van der Waals surface area contributed by atoms with Crippen molar-refractivity contribution >= 4 is 17.5 Å². The summed E-state index contributed by atoms with van der Waals surface area (Å²) in [6, 6.07) is 6.85. The van der Waals surface area contributed by atoms with E-state index in [1.165, 1.54) is 0 Å². The number of carbonyl (C=O) groups is 1. The summed E-state index contributed by atoms with van der Waals surface area (Å²) >= 11 is 5.97. The van der Waals surface area contributed by atoms with Gasteiger partial charge >= 0.3 is 0 Å². The van der Waals surface area contributed by atoms with Gasteiger partial charge in [-0.2, -0.15) is 4.98 Å². The van der Waals surface area contributed by atoms with Crippen LogP contribution in [0.15, 0.2) is 28.8 Å². The van der Waals surface area contributed by atoms with E-state index in [1.807, 2.05) is 13.8 Å². The average Bonchev–Trinajstić information content (AvgIpc) is 3.07. The zero-order chi connectivity index (χ0) is 18.4. The molecule has 1 aliphatic heterocycles. The summed E-state index contributed by atoms with van der Waals surface area (Å²) in [4.78, 5) is 17.1. The molecule has 1 amide bonds. The molecule has 1 saturated heterocycles. The zero-order valence-corrected chi connectivity index (χ0v) is 15.8. The van der Waals surface area contributed by atoms with Crippen molar-refractivity contribution in [2.45, 2.75) is 44.6 Å². The van der Waals surface area contributed by atoms with Crippen molar-refractivity contribution in [2.24, 2.45) is 5.41 Å². The normalized spacial score (nSPS) is 21.6. The molecule has 1 saturated carbocycles. The van der Waals surface area contributed by atoms with Crippen LogP contribution in [0.2, 0.25) is 5.02 Å². The van der Waals surface area contributed by atoms with E-state index in [2.05, 4.69) is 20.8 Å². The van der Waals surface area contributed by atoms with Crippen LogP contribution in [0.3, 0.4) is 0 Å². The highest BCUT2D eigenvalue weighted by Crippen LogP contribution is 2.63. The van der Waals surface area contributed by atoms with E-state index in [-0.39, 0.29) is 5.91 Å². The number of hydrogen-bond donors (Lipinski definition) is 2. The highest BCUT2D eigenvalue weighted by atomic mass is 35.5. The Morgan fingerprint density at radius 3 is 2.88 bits per heavy atom. The van der Waals surface area contributed by atoms with Gasteiger partial charge < -0.3 is 15.2 Å². The highest BCUT2D eigenvalue weighted by Gasteiger charge is 2.57. The molecule has 1 aliphatic carbocycles. The minimum Gasteiger partial charge on any atom is -0.340 e. The van der Waals surface area contributed by atoms with Gasteiger partial charge in [-0.05, 0) is 69.8 Å². The molecule has 1 spiro atoms. The molecule has 7 heteroatoms. The zero-order valence-electron chi connectivity index (χ0n) is 15.0. The largest absolute Gasteiger partial charge is 0.340 e. The molecule has 2 fully saturated rings. The fourth-order valence-electron chi connectivity index (χ4n) is 3.85. The quantitative estimate of drug-likeness (QED) is 0.858. The molecular weight excluding hydrogens is 352 g/mol. The van der Waals surface area contributed by atoms with Crippen LogP contribution in [-0.2, 0) is 5.54 Å². The molecule has 0 radical (unpaired) electrons. The van der Waals surface area contributed by atoms with Crippen molar-refractivity contribution < 1.29 is 9.32 Å². The smallest absolute Gasteiger partial charge is 0.252 e. The number of carbonyl (C=O) groups excluding carboxylic acids is 1. The Hall–Kier alpha value is -1.92. The molecule has 1 aromatic carbocycles. The van der Waals surface area contributed by atoms with Gasteiger partial charge in [0.15, 0.2) is 5.82 Å². The molecule has 1 aromatic heterocycles. The van der Waals surface area contributed by atoms with Crippen LogP contribution in [0.25, 0.3) is 0 Å². The maximum absolute atomic E-state index is 12.5. The lowest BCUT2D eigenvalue weighted by Crippen LogP contribution is -2.41. The van der Waals surface area contributed by atoms with Crippen molar-refractivity contribution in [3.05, 3.63) is 46.6 Å². The lowest BCUT2D eigenvalue weighted by Gasteiger charge is -2.23. The van der Waals surface area contributed by atoms with Gasteiger partial charge in [-0.3, -0.25) is 4.79 Å². The molecule has 2 aromatic rings. The third-order valence-corrected chi connectivity index (χ3v) is 5.84. The summed E-state index contributed by atoms with van der Waals surface area (Å²) in [6.07, 6.45) is 3.43. The Labute approximate surface area is 157 Å². The maximum Gasteiger partial charge on any atom is 0.252 e. The fourth-order valence-corrected chi connectivity index (χ4v) is 4.04. The predicted octanol–water partition coefficient (Wildman–Crippen LogP) is 3.25. The monoisotopic (exact) mass is 374 g/mol. The Morgan fingerprint density at radius 2 is 2.15 bits per heavy atom. The molecule has 6 nitrogen and oxygen atoms in total. The van der Waals surface area contributed by atoms with E-state index in [9.17, 15) is 4.79 Å². The number of amides is 1. The number of benzene rings is 1. The van der Waals surface area contributed by atoms with Crippen molar-refractivity contribution in [3.8, 4) is 0 Å². The van der Waals surface area contributed by atoms with E-state index in [4.69, 9.17) is 16.1 Å². The number of hydrogen-bond acceptors (Lipinski definition) is 5. The fraction of sp³-hybridized carbons (Fsp3) is 0.526. The summed E-state index contributed by atoms with van der Waals surface area (Å²) < 4.78 is 5.55. The third-order valence-electron chi connectivity index (χ3n) is 5.60. The third kappa shape index (κ3) is 3.23. The van der Waals surface area contributed by atoms with E-state index in [0.717, 1.165) is 32.4 Å². The lowest BCUT2D eigenvalue weighted by atomic mass is 9.92. The molecule has 2 N–H and O–H groups in total. The first kappa shape index (κ1) is 17.5. The van der Waals surface area contributed by atoms with E-state index in [0.29, 0.717) is 33.6 Å². The standard InChI is InChI=1S/C19H23ClN4O2/c1-18(2,23-15(25)12-4-3-5-13(20)10-12)17-22-16(26-24-17)14-11-19(14)6-8-21-9-7-19/h3-5,10,14,21H,6-9,11H2,1-2H3,(H,23,25). The minimum absolute atomic E-state index is 0.218. The number of aromatic nitrogens is 2. The van der Waals surface area contributed by atoms with E-state index >= 15 is 0 Å². The van der Waals surface area contributed by atoms with Gasteiger partial charge in [-0.1, -0.05) is 22.8 Å². The second-order valence-electron chi connectivity index (χ2n) is 7.91. The Morgan fingerprint density at radius 1 is 1.38 bits per heavy atom. The lowest BCUT2D eigenvalue weighted by molar-refractivity contribution is 0.0907. The highest BCUT2D eigenvalue weighted by molar-refractivity contribution is 6.30. The summed E-state index contributed by atoms with van der Waals surface area (Å²) in [5.74, 6) is 1.33. The van der Waals surface area contributed by atoms with Gasteiger partial charge in [0.1, 0.15) is 0 Å². The molecule has 4 rings (SSSR count). The summed E-state index contributed by atoms with van der Waals surface area (Å²) in [5.41, 5.74) is 0.103. The van der Waals surface area contributed by atoms with Gasteiger partial charge in [0.25, 0.3) is 5.91 Å². The number of nitrogens with one attached hydrogen (secondary N) is 2. The van der Waals surface area contributed by atoms with Gasteiger partial charge in [-0.25, -0.2) is 0 Å². The van der Waals surface area contributed by atoms with Crippen molar-refractivity contribution in [1.29, 1.82) is 0 Å². The van der Waals surface area contributed by atoms with E-state index < -0.39 is 5.54 Å². The summed E-state index contributed by atoms with van der Waals surface area (Å²) in [5, 5.41) is 11.0. The van der Waals surface area contributed by atoms with E-state index in [1.54, 1.807) is 24.3 Å². The van der Waals surface area contributed by atoms with Gasteiger partial charge in [0.2, 0.25) is 5.89 Å². The van der Waals surface area contributed by atoms with Crippen LogP contribution in [0.1, 0.15) is 61.1 Å². The molecule has 1 atom stereocenters. The van der Waals surface area contributed by atoms with Gasteiger partial charge in [-0.15, -0.1) is 0 Å². The van der Waals surface area contributed by atoms with Gasteiger partial charge in [0.05, 0.1) is 5.54 Å².